The average Bonchev–Trinajstić information content (AvgIpc) is 3.19. The van der Waals surface area contributed by atoms with Crippen LogP contribution in [0.25, 0.3) is 10.9 Å². The number of hydrogen-bond acceptors (Lipinski definition) is 3. The molecule has 0 aliphatic carbocycles. The number of benzene rings is 3. The highest BCUT2D eigenvalue weighted by Gasteiger charge is 2.26. The highest BCUT2D eigenvalue weighted by molar-refractivity contribution is 7.99. The number of H-pyrrole nitrogens is 1. The molecule has 4 nitrogen and oxygen atoms in total. The molecule has 0 atom stereocenters. The number of nitrogens with zero attached hydrogens (tertiary/aromatic N) is 2. The zero-order valence-corrected chi connectivity index (χ0v) is 19.2. The summed E-state index contributed by atoms with van der Waals surface area (Å²) >= 11 is 7.66. The van der Waals surface area contributed by atoms with Gasteiger partial charge in [-0.05, 0) is 35.9 Å². The number of carbonyl (C=O) groups is 1. The Morgan fingerprint density at radius 3 is 2.31 bits per heavy atom. The lowest BCUT2D eigenvalue weighted by molar-refractivity contribution is 0.0620. The second-order valence-electron chi connectivity index (χ2n) is 7.98. The van der Waals surface area contributed by atoms with E-state index in [9.17, 15) is 4.79 Å². The summed E-state index contributed by atoms with van der Waals surface area (Å²) in [5.74, 6) is 0.0667. The smallest absolute Gasteiger partial charge is 0.271 e. The van der Waals surface area contributed by atoms with E-state index in [0.29, 0.717) is 10.7 Å². The summed E-state index contributed by atoms with van der Waals surface area (Å²) < 4.78 is 0. The van der Waals surface area contributed by atoms with Crippen LogP contribution in [0.3, 0.4) is 0 Å². The fourth-order valence-electron chi connectivity index (χ4n) is 4.10. The molecule has 0 bridgehead atoms. The van der Waals surface area contributed by atoms with E-state index < -0.39 is 0 Å². The summed E-state index contributed by atoms with van der Waals surface area (Å²) in [5.41, 5.74) is 2.96. The number of nitrogens with one attached hydrogen (secondary N) is 1. The fourth-order valence-corrected chi connectivity index (χ4v) is 5.26. The Labute approximate surface area is 197 Å². The van der Waals surface area contributed by atoms with Gasteiger partial charge in [-0.3, -0.25) is 9.69 Å². The van der Waals surface area contributed by atoms with Gasteiger partial charge in [-0.1, -0.05) is 71.9 Å². The molecule has 0 spiro atoms. The van der Waals surface area contributed by atoms with Crippen molar-refractivity contribution in [1.82, 2.24) is 14.8 Å². The quantitative estimate of drug-likeness (QED) is 0.400. The second kappa shape index (κ2) is 9.41. The Balaban J connectivity index is 1.35. The molecule has 4 aromatic rings. The van der Waals surface area contributed by atoms with E-state index in [1.165, 1.54) is 5.56 Å². The van der Waals surface area contributed by atoms with Crippen LogP contribution in [-0.2, 0) is 6.54 Å². The van der Waals surface area contributed by atoms with Crippen LogP contribution in [0.5, 0.6) is 0 Å². The van der Waals surface area contributed by atoms with Crippen molar-refractivity contribution in [3.63, 3.8) is 0 Å². The van der Waals surface area contributed by atoms with Gasteiger partial charge in [0.1, 0.15) is 5.69 Å². The van der Waals surface area contributed by atoms with Gasteiger partial charge in [0.25, 0.3) is 5.91 Å². The number of halogens is 1. The maximum atomic E-state index is 13.5. The molecule has 6 heteroatoms. The van der Waals surface area contributed by atoms with Crippen LogP contribution < -0.4 is 0 Å². The number of rotatable bonds is 5. The molecule has 1 N–H and O–H groups in total. The zero-order chi connectivity index (χ0) is 21.9. The molecular formula is C26H24ClN3OS. The Hall–Kier alpha value is -2.73. The normalized spacial score (nSPS) is 14.7. The van der Waals surface area contributed by atoms with Gasteiger partial charge < -0.3 is 9.88 Å². The van der Waals surface area contributed by atoms with Gasteiger partial charge in [0.15, 0.2) is 0 Å². The first-order valence-corrected chi connectivity index (χ1v) is 12.0. The standard InChI is InChI=1S/C26H24ClN3OS/c27-20-10-12-21(13-11-20)32-25-22-8-4-5-9-23(22)28-24(25)26(31)30-16-14-29(15-17-30)18-19-6-2-1-3-7-19/h1-13,28H,14-18H2. The van der Waals surface area contributed by atoms with Gasteiger partial charge in [0.2, 0.25) is 0 Å². The Morgan fingerprint density at radius 1 is 0.875 bits per heavy atom. The number of piperazine rings is 1. The number of fused-ring (bicyclic) bond motifs is 1. The summed E-state index contributed by atoms with van der Waals surface area (Å²) in [6, 6.07) is 26.3. The van der Waals surface area contributed by atoms with Gasteiger partial charge >= 0.3 is 0 Å². The summed E-state index contributed by atoms with van der Waals surface area (Å²) in [6.45, 7) is 4.13. The van der Waals surface area contributed by atoms with Crippen LogP contribution >= 0.6 is 23.4 Å². The van der Waals surface area contributed by atoms with Crippen molar-refractivity contribution in [1.29, 1.82) is 0 Å². The first-order chi connectivity index (χ1) is 15.7. The second-order valence-corrected chi connectivity index (χ2v) is 9.50. The van der Waals surface area contributed by atoms with E-state index in [2.05, 4.69) is 40.2 Å². The molecule has 32 heavy (non-hydrogen) atoms. The van der Waals surface area contributed by atoms with Crippen molar-refractivity contribution >= 4 is 40.2 Å². The molecule has 1 aromatic heterocycles. The highest BCUT2D eigenvalue weighted by Crippen LogP contribution is 2.37. The number of para-hydroxylation sites is 1. The Kier molecular flexibility index (Phi) is 6.21. The first kappa shape index (κ1) is 21.1. The van der Waals surface area contributed by atoms with Crippen LogP contribution in [0.1, 0.15) is 16.1 Å². The predicted octanol–water partition coefficient (Wildman–Crippen LogP) is 5.93. The van der Waals surface area contributed by atoms with Crippen molar-refractivity contribution in [3.8, 4) is 0 Å². The van der Waals surface area contributed by atoms with Gasteiger partial charge in [0.05, 0.1) is 4.90 Å². The highest BCUT2D eigenvalue weighted by atomic mass is 35.5. The minimum Gasteiger partial charge on any atom is -0.350 e. The lowest BCUT2D eigenvalue weighted by Crippen LogP contribution is -2.48. The van der Waals surface area contributed by atoms with E-state index in [1.54, 1.807) is 11.8 Å². The number of amides is 1. The Morgan fingerprint density at radius 2 is 1.56 bits per heavy atom. The summed E-state index contributed by atoms with van der Waals surface area (Å²) in [7, 11) is 0. The minimum atomic E-state index is 0.0667. The Bertz CT molecular complexity index is 1220. The molecule has 1 aliphatic rings. The first-order valence-electron chi connectivity index (χ1n) is 10.8. The van der Waals surface area contributed by atoms with E-state index >= 15 is 0 Å². The van der Waals surface area contributed by atoms with Crippen LogP contribution in [0.15, 0.2) is 88.7 Å². The molecular weight excluding hydrogens is 438 g/mol. The maximum absolute atomic E-state index is 13.5. The maximum Gasteiger partial charge on any atom is 0.271 e. The zero-order valence-electron chi connectivity index (χ0n) is 17.6. The van der Waals surface area contributed by atoms with Crippen molar-refractivity contribution in [3.05, 3.63) is 95.1 Å². The van der Waals surface area contributed by atoms with Crippen LogP contribution in [0.4, 0.5) is 0 Å². The molecule has 1 amide bonds. The van der Waals surface area contributed by atoms with Gasteiger partial charge in [-0.2, -0.15) is 0 Å². The van der Waals surface area contributed by atoms with E-state index in [-0.39, 0.29) is 5.91 Å². The fraction of sp³-hybridized carbons (Fsp3) is 0.192. The molecule has 5 rings (SSSR count). The number of hydrogen-bond donors (Lipinski definition) is 1. The van der Waals surface area contributed by atoms with Gasteiger partial charge in [-0.25, -0.2) is 0 Å². The van der Waals surface area contributed by atoms with E-state index in [0.717, 1.165) is 53.4 Å². The summed E-state index contributed by atoms with van der Waals surface area (Å²) in [5, 5.41) is 1.77. The molecule has 0 radical (unpaired) electrons. The monoisotopic (exact) mass is 461 g/mol. The van der Waals surface area contributed by atoms with E-state index in [1.807, 2.05) is 53.4 Å². The van der Waals surface area contributed by atoms with Crippen LogP contribution in [-0.4, -0.2) is 46.9 Å². The topological polar surface area (TPSA) is 39.3 Å². The molecule has 0 unspecified atom stereocenters. The van der Waals surface area contributed by atoms with Crippen molar-refractivity contribution in [2.24, 2.45) is 0 Å². The third-order valence-electron chi connectivity index (χ3n) is 5.81. The van der Waals surface area contributed by atoms with E-state index in [4.69, 9.17) is 11.6 Å². The summed E-state index contributed by atoms with van der Waals surface area (Å²) in [6.07, 6.45) is 0. The van der Waals surface area contributed by atoms with Gasteiger partial charge in [-0.15, -0.1) is 0 Å². The van der Waals surface area contributed by atoms with Crippen molar-refractivity contribution in [2.45, 2.75) is 16.3 Å². The average molecular weight is 462 g/mol. The molecule has 3 aromatic carbocycles. The lowest BCUT2D eigenvalue weighted by atomic mass is 10.2. The predicted molar refractivity (Wildman–Crippen MR) is 131 cm³/mol. The summed E-state index contributed by atoms with van der Waals surface area (Å²) in [4.78, 5) is 23.3. The molecule has 2 heterocycles. The third-order valence-corrected chi connectivity index (χ3v) is 7.20. The largest absolute Gasteiger partial charge is 0.350 e. The molecule has 162 valence electrons. The molecule has 1 aliphatic heterocycles. The SMILES string of the molecule is O=C(c1[nH]c2ccccc2c1Sc1ccc(Cl)cc1)N1CCN(Cc2ccccc2)CC1. The molecule has 1 fully saturated rings. The van der Waals surface area contributed by atoms with Crippen molar-refractivity contribution < 1.29 is 4.79 Å². The van der Waals surface area contributed by atoms with Gasteiger partial charge in [0, 0.05) is 53.5 Å². The molecule has 0 saturated carbocycles. The van der Waals surface area contributed by atoms with Crippen LogP contribution in [0, 0.1) is 0 Å². The van der Waals surface area contributed by atoms with Crippen molar-refractivity contribution in [2.75, 3.05) is 26.2 Å². The lowest BCUT2D eigenvalue weighted by Gasteiger charge is -2.34. The third kappa shape index (κ3) is 4.56. The number of aromatic amines is 1. The number of aromatic nitrogens is 1. The van der Waals surface area contributed by atoms with Crippen LogP contribution in [0.2, 0.25) is 5.02 Å². The molecule has 1 saturated heterocycles. The number of carbonyl (C=O) groups excluding carboxylic acids is 1. The minimum absolute atomic E-state index is 0.0667.